The van der Waals surface area contributed by atoms with Gasteiger partial charge in [0.05, 0.1) is 12.2 Å². The topological polar surface area (TPSA) is 64.6 Å². The second-order valence-electron chi connectivity index (χ2n) is 7.16. The van der Waals surface area contributed by atoms with E-state index in [4.69, 9.17) is 9.47 Å². The second kappa shape index (κ2) is 8.82. The summed E-state index contributed by atoms with van der Waals surface area (Å²) < 4.78 is 10.6. The van der Waals surface area contributed by atoms with Crippen LogP contribution in [-0.4, -0.2) is 25.3 Å². The molecule has 4 rings (SSSR count). The van der Waals surface area contributed by atoms with E-state index in [-0.39, 0.29) is 18.5 Å². The predicted molar refractivity (Wildman–Crippen MR) is 116 cm³/mol. The van der Waals surface area contributed by atoms with Crippen molar-refractivity contribution in [2.24, 2.45) is 0 Å². The third kappa shape index (κ3) is 4.06. The molecule has 0 unspecified atom stereocenters. The molecule has 1 amide bonds. The van der Waals surface area contributed by atoms with Gasteiger partial charge >= 0.3 is 12.1 Å². The molecule has 0 radical (unpaired) electrons. The maximum Gasteiger partial charge on any atom is 0.411 e. The van der Waals surface area contributed by atoms with Crippen molar-refractivity contribution in [1.82, 2.24) is 0 Å². The molecule has 5 nitrogen and oxygen atoms in total. The highest BCUT2D eigenvalue weighted by Crippen LogP contribution is 2.44. The molecule has 5 heteroatoms. The van der Waals surface area contributed by atoms with Crippen molar-refractivity contribution in [3.8, 4) is 11.1 Å². The number of hydrogen-bond acceptors (Lipinski definition) is 4. The Labute approximate surface area is 175 Å². The molecule has 0 aromatic heterocycles. The standard InChI is InChI=1S/C25H23NO4/c1-2-15-29-24(27)17-11-13-18(14-12-17)26-25(28)30-16-23-21-9-5-3-7-19(21)20-8-4-6-10-22(20)23/h3-14,23H,2,15-16H2,1H3,(H,26,28). The summed E-state index contributed by atoms with van der Waals surface area (Å²) in [6, 6.07) is 23.0. The predicted octanol–water partition coefficient (Wildman–Crippen LogP) is 5.61. The Bertz CT molecular complexity index is 1010. The first kappa shape index (κ1) is 19.7. The van der Waals surface area contributed by atoms with E-state index in [1.54, 1.807) is 24.3 Å². The van der Waals surface area contributed by atoms with Crippen molar-refractivity contribution in [3.05, 3.63) is 89.5 Å². The number of amides is 1. The van der Waals surface area contributed by atoms with E-state index in [0.717, 1.165) is 6.42 Å². The summed E-state index contributed by atoms with van der Waals surface area (Å²) in [6.07, 6.45) is 0.242. The third-order valence-corrected chi connectivity index (χ3v) is 5.15. The lowest BCUT2D eigenvalue weighted by molar-refractivity contribution is 0.0505. The van der Waals surface area contributed by atoms with Gasteiger partial charge in [-0.3, -0.25) is 5.32 Å². The lowest BCUT2D eigenvalue weighted by Gasteiger charge is -2.14. The first-order chi connectivity index (χ1) is 14.7. The van der Waals surface area contributed by atoms with Gasteiger partial charge in [-0.1, -0.05) is 55.5 Å². The molecule has 0 heterocycles. The van der Waals surface area contributed by atoms with E-state index < -0.39 is 6.09 Å². The van der Waals surface area contributed by atoms with Crippen molar-refractivity contribution in [2.75, 3.05) is 18.5 Å². The normalized spacial score (nSPS) is 12.0. The van der Waals surface area contributed by atoms with Crippen molar-refractivity contribution in [1.29, 1.82) is 0 Å². The molecule has 152 valence electrons. The van der Waals surface area contributed by atoms with E-state index in [1.807, 2.05) is 31.2 Å². The average molecular weight is 401 g/mol. The van der Waals surface area contributed by atoms with E-state index in [9.17, 15) is 9.59 Å². The van der Waals surface area contributed by atoms with Crippen LogP contribution in [0, 0.1) is 0 Å². The van der Waals surface area contributed by atoms with Gasteiger partial charge in [0.2, 0.25) is 0 Å². The molecule has 0 spiro atoms. The summed E-state index contributed by atoms with van der Waals surface area (Å²) in [4.78, 5) is 24.2. The Balaban J connectivity index is 1.38. The highest BCUT2D eigenvalue weighted by molar-refractivity contribution is 5.91. The highest BCUT2D eigenvalue weighted by Gasteiger charge is 2.28. The molecule has 3 aromatic carbocycles. The fraction of sp³-hybridized carbons (Fsp3) is 0.200. The Morgan fingerprint density at radius 1 is 0.833 bits per heavy atom. The molecule has 0 saturated heterocycles. The smallest absolute Gasteiger partial charge is 0.411 e. The zero-order valence-electron chi connectivity index (χ0n) is 16.8. The second-order valence-corrected chi connectivity index (χ2v) is 7.16. The van der Waals surface area contributed by atoms with Gasteiger partial charge in [0.1, 0.15) is 6.61 Å². The maximum atomic E-state index is 12.3. The van der Waals surface area contributed by atoms with Crippen LogP contribution in [-0.2, 0) is 9.47 Å². The number of anilines is 1. The SMILES string of the molecule is CCCOC(=O)c1ccc(NC(=O)OCC2c3ccccc3-c3ccccc32)cc1. The van der Waals surface area contributed by atoms with Crippen LogP contribution in [0.1, 0.15) is 40.7 Å². The zero-order valence-corrected chi connectivity index (χ0v) is 16.8. The number of benzene rings is 3. The first-order valence-corrected chi connectivity index (χ1v) is 10.1. The summed E-state index contributed by atoms with van der Waals surface area (Å²) in [5, 5.41) is 2.71. The number of carbonyl (C=O) groups is 2. The molecular weight excluding hydrogens is 378 g/mol. The van der Waals surface area contributed by atoms with Crippen molar-refractivity contribution >= 4 is 17.7 Å². The zero-order chi connectivity index (χ0) is 20.9. The summed E-state index contributed by atoms with van der Waals surface area (Å²) in [7, 11) is 0. The molecule has 30 heavy (non-hydrogen) atoms. The van der Waals surface area contributed by atoms with E-state index in [0.29, 0.717) is 17.9 Å². The minimum Gasteiger partial charge on any atom is -0.462 e. The molecule has 1 N–H and O–H groups in total. The van der Waals surface area contributed by atoms with Crippen LogP contribution in [0.15, 0.2) is 72.8 Å². The van der Waals surface area contributed by atoms with Crippen LogP contribution >= 0.6 is 0 Å². The van der Waals surface area contributed by atoms with E-state index in [2.05, 4.69) is 29.6 Å². The van der Waals surface area contributed by atoms with Gasteiger partial charge in [-0.15, -0.1) is 0 Å². The molecule has 0 saturated carbocycles. The van der Waals surface area contributed by atoms with Gasteiger partial charge in [-0.25, -0.2) is 9.59 Å². The Morgan fingerprint density at radius 2 is 1.43 bits per heavy atom. The molecule has 0 fully saturated rings. The Morgan fingerprint density at radius 3 is 2.03 bits per heavy atom. The average Bonchev–Trinajstić information content (AvgIpc) is 3.10. The van der Waals surface area contributed by atoms with Gasteiger partial charge < -0.3 is 9.47 Å². The number of hydrogen-bond donors (Lipinski definition) is 1. The molecule has 0 bridgehead atoms. The van der Waals surface area contributed by atoms with Crippen LogP contribution in [0.2, 0.25) is 0 Å². The van der Waals surface area contributed by atoms with Crippen molar-refractivity contribution in [2.45, 2.75) is 19.3 Å². The largest absolute Gasteiger partial charge is 0.462 e. The van der Waals surface area contributed by atoms with Gasteiger partial charge in [0, 0.05) is 11.6 Å². The molecule has 3 aromatic rings. The minimum atomic E-state index is -0.529. The molecule has 0 atom stereocenters. The van der Waals surface area contributed by atoms with Gasteiger partial charge in [0.25, 0.3) is 0 Å². The van der Waals surface area contributed by atoms with Crippen molar-refractivity contribution in [3.63, 3.8) is 0 Å². The Hall–Kier alpha value is -3.60. The molecular formula is C25H23NO4. The minimum absolute atomic E-state index is 0.0128. The number of fused-ring (bicyclic) bond motifs is 3. The quantitative estimate of drug-likeness (QED) is 0.545. The summed E-state index contributed by atoms with van der Waals surface area (Å²) in [5.41, 5.74) is 5.71. The van der Waals surface area contributed by atoms with Crippen LogP contribution in [0.4, 0.5) is 10.5 Å². The third-order valence-electron chi connectivity index (χ3n) is 5.15. The molecule has 1 aliphatic carbocycles. The van der Waals surface area contributed by atoms with Gasteiger partial charge in [-0.2, -0.15) is 0 Å². The lowest BCUT2D eigenvalue weighted by Crippen LogP contribution is -2.18. The number of ether oxygens (including phenoxy) is 2. The Kier molecular flexibility index (Phi) is 5.80. The maximum absolute atomic E-state index is 12.3. The lowest BCUT2D eigenvalue weighted by atomic mass is 9.98. The number of esters is 1. The summed E-state index contributed by atoms with van der Waals surface area (Å²) in [5.74, 6) is -0.358. The first-order valence-electron chi connectivity index (χ1n) is 10.1. The number of nitrogens with one attached hydrogen (secondary N) is 1. The monoisotopic (exact) mass is 401 g/mol. The van der Waals surface area contributed by atoms with Crippen LogP contribution in [0.25, 0.3) is 11.1 Å². The van der Waals surface area contributed by atoms with E-state index >= 15 is 0 Å². The van der Waals surface area contributed by atoms with E-state index in [1.165, 1.54) is 22.3 Å². The number of carbonyl (C=O) groups excluding carboxylic acids is 2. The van der Waals surface area contributed by atoms with Gasteiger partial charge in [0.15, 0.2) is 0 Å². The molecule has 0 aliphatic heterocycles. The summed E-state index contributed by atoms with van der Waals surface area (Å²) >= 11 is 0. The molecule has 1 aliphatic rings. The van der Waals surface area contributed by atoms with Crippen LogP contribution in [0.3, 0.4) is 0 Å². The van der Waals surface area contributed by atoms with Crippen LogP contribution in [0.5, 0.6) is 0 Å². The van der Waals surface area contributed by atoms with Crippen LogP contribution < -0.4 is 5.32 Å². The fourth-order valence-corrected chi connectivity index (χ4v) is 3.72. The van der Waals surface area contributed by atoms with Gasteiger partial charge in [-0.05, 0) is 52.9 Å². The number of rotatable bonds is 6. The summed E-state index contributed by atoms with van der Waals surface area (Å²) in [6.45, 7) is 2.58. The highest BCUT2D eigenvalue weighted by atomic mass is 16.5. The fourth-order valence-electron chi connectivity index (χ4n) is 3.72. The van der Waals surface area contributed by atoms with Crippen molar-refractivity contribution < 1.29 is 19.1 Å².